The smallest absolute Gasteiger partial charge is 0.126 e. The molecule has 1 aliphatic rings. The number of nitrogen functional groups attached to an aromatic ring is 1. The quantitative estimate of drug-likeness (QED) is 0.821. The van der Waals surface area contributed by atoms with Gasteiger partial charge in [0.25, 0.3) is 0 Å². The number of aromatic nitrogens is 1. The van der Waals surface area contributed by atoms with Crippen LogP contribution < -0.4 is 11.1 Å². The number of pyridine rings is 1. The Balaban J connectivity index is 1.84. The molecule has 3 nitrogen and oxygen atoms in total. The van der Waals surface area contributed by atoms with Gasteiger partial charge in [-0.2, -0.15) is 0 Å². The monoisotopic (exact) mass is 219 g/mol. The Morgan fingerprint density at radius 3 is 2.62 bits per heavy atom. The fourth-order valence-corrected chi connectivity index (χ4v) is 2.41. The summed E-state index contributed by atoms with van der Waals surface area (Å²) in [5.74, 6) is 1.89. The lowest BCUT2D eigenvalue weighted by atomic mass is 9.84. The van der Waals surface area contributed by atoms with Crippen molar-refractivity contribution in [3.8, 4) is 0 Å². The topological polar surface area (TPSA) is 50.9 Å². The lowest BCUT2D eigenvalue weighted by Crippen LogP contribution is -2.26. The molecule has 0 saturated heterocycles. The van der Waals surface area contributed by atoms with Crippen LogP contribution in [0.3, 0.4) is 0 Å². The van der Waals surface area contributed by atoms with Crippen molar-refractivity contribution in [2.45, 2.75) is 45.1 Å². The van der Waals surface area contributed by atoms with Crippen molar-refractivity contribution in [1.82, 2.24) is 4.98 Å². The Hall–Kier alpha value is -1.25. The molecule has 16 heavy (non-hydrogen) atoms. The number of anilines is 2. The molecule has 1 aliphatic carbocycles. The van der Waals surface area contributed by atoms with Crippen LogP contribution >= 0.6 is 0 Å². The third kappa shape index (κ3) is 2.87. The number of hydrogen-bond donors (Lipinski definition) is 2. The summed E-state index contributed by atoms with van der Waals surface area (Å²) in [6.45, 7) is 2.29. The van der Waals surface area contributed by atoms with E-state index in [4.69, 9.17) is 5.73 Å². The minimum absolute atomic E-state index is 0.596. The average Bonchev–Trinajstić information content (AvgIpc) is 2.33. The highest BCUT2D eigenvalue weighted by atomic mass is 15.0. The van der Waals surface area contributed by atoms with Crippen LogP contribution in [0.25, 0.3) is 0 Å². The first kappa shape index (κ1) is 11.2. The van der Waals surface area contributed by atoms with E-state index in [9.17, 15) is 0 Å². The molecule has 0 spiro atoms. The van der Waals surface area contributed by atoms with Crippen LogP contribution in [0.15, 0.2) is 18.3 Å². The number of nitrogens with two attached hydrogens (primary N) is 1. The van der Waals surface area contributed by atoms with Gasteiger partial charge in [0.15, 0.2) is 0 Å². The molecular weight excluding hydrogens is 198 g/mol. The van der Waals surface area contributed by atoms with E-state index in [-0.39, 0.29) is 0 Å². The molecule has 0 unspecified atom stereocenters. The minimum atomic E-state index is 0.596. The number of nitrogens with zero attached hydrogens (tertiary/aromatic N) is 1. The van der Waals surface area contributed by atoms with E-state index in [0.29, 0.717) is 6.04 Å². The number of rotatable bonds is 3. The van der Waals surface area contributed by atoms with Gasteiger partial charge < -0.3 is 11.1 Å². The molecule has 3 N–H and O–H groups in total. The van der Waals surface area contributed by atoms with Crippen LogP contribution in [0.2, 0.25) is 0 Å². The van der Waals surface area contributed by atoms with E-state index < -0.39 is 0 Å². The molecule has 1 heterocycles. The van der Waals surface area contributed by atoms with Crippen LogP contribution in [0, 0.1) is 5.92 Å². The van der Waals surface area contributed by atoms with Gasteiger partial charge in [-0.25, -0.2) is 4.98 Å². The lowest BCUT2D eigenvalue weighted by Gasteiger charge is -2.28. The number of nitrogens with one attached hydrogen (secondary N) is 1. The van der Waals surface area contributed by atoms with Gasteiger partial charge >= 0.3 is 0 Å². The second-order valence-electron chi connectivity index (χ2n) is 4.75. The summed E-state index contributed by atoms with van der Waals surface area (Å²) in [6.07, 6.45) is 8.27. The standard InChI is InChI=1S/C13H21N3/c1-2-10-3-6-12(7-4-10)16-13-8-5-11(14)9-15-13/h5,8-10,12H,2-4,6-7,14H2,1H3,(H,15,16). The summed E-state index contributed by atoms with van der Waals surface area (Å²) in [6, 6.07) is 4.45. The van der Waals surface area contributed by atoms with Crippen molar-refractivity contribution in [1.29, 1.82) is 0 Å². The third-order valence-corrected chi connectivity index (χ3v) is 3.56. The fraction of sp³-hybridized carbons (Fsp3) is 0.615. The largest absolute Gasteiger partial charge is 0.397 e. The maximum absolute atomic E-state index is 5.61. The second-order valence-corrected chi connectivity index (χ2v) is 4.75. The lowest BCUT2D eigenvalue weighted by molar-refractivity contribution is 0.330. The fourth-order valence-electron chi connectivity index (χ4n) is 2.41. The average molecular weight is 219 g/mol. The van der Waals surface area contributed by atoms with Crippen molar-refractivity contribution in [3.05, 3.63) is 18.3 Å². The molecule has 2 rings (SSSR count). The summed E-state index contributed by atoms with van der Waals surface area (Å²) < 4.78 is 0. The van der Waals surface area contributed by atoms with Gasteiger partial charge in [-0.3, -0.25) is 0 Å². The minimum Gasteiger partial charge on any atom is -0.397 e. The molecule has 0 amide bonds. The van der Waals surface area contributed by atoms with Crippen molar-refractivity contribution in [2.75, 3.05) is 11.1 Å². The predicted molar refractivity (Wildman–Crippen MR) is 68.3 cm³/mol. The number of hydrogen-bond acceptors (Lipinski definition) is 3. The summed E-state index contributed by atoms with van der Waals surface area (Å²) in [5.41, 5.74) is 6.33. The molecular formula is C13H21N3. The van der Waals surface area contributed by atoms with Crippen molar-refractivity contribution < 1.29 is 0 Å². The van der Waals surface area contributed by atoms with Gasteiger partial charge in [-0.1, -0.05) is 13.3 Å². The Kier molecular flexibility index (Phi) is 3.65. The van der Waals surface area contributed by atoms with Crippen LogP contribution in [0.5, 0.6) is 0 Å². The maximum atomic E-state index is 5.61. The molecule has 88 valence electrons. The molecule has 1 aromatic heterocycles. The Morgan fingerprint density at radius 1 is 1.31 bits per heavy atom. The zero-order valence-corrected chi connectivity index (χ0v) is 9.95. The zero-order valence-electron chi connectivity index (χ0n) is 9.95. The second kappa shape index (κ2) is 5.19. The normalized spacial score (nSPS) is 25.3. The van der Waals surface area contributed by atoms with E-state index in [2.05, 4.69) is 17.2 Å². The van der Waals surface area contributed by atoms with Crippen molar-refractivity contribution in [3.63, 3.8) is 0 Å². The molecule has 0 aliphatic heterocycles. The van der Waals surface area contributed by atoms with Crippen LogP contribution in [0.4, 0.5) is 11.5 Å². The van der Waals surface area contributed by atoms with Crippen LogP contribution in [-0.4, -0.2) is 11.0 Å². The summed E-state index contributed by atoms with van der Waals surface area (Å²) in [7, 11) is 0. The van der Waals surface area contributed by atoms with Crippen LogP contribution in [0.1, 0.15) is 39.0 Å². The highest BCUT2D eigenvalue weighted by Gasteiger charge is 2.19. The molecule has 1 aromatic rings. The summed E-state index contributed by atoms with van der Waals surface area (Å²) in [5, 5.41) is 3.49. The molecule has 0 radical (unpaired) electrons. The van der Waals surface area contributed by atoms with Crippen LogP contribution in [-0.2, 0) is 0 Å². The van der Waals surface area contributed by atoms with Crippen molar-refractivity contribution >= 4 is 11.5 Å². The summed E-state index contributed by atoms with van der Waals surface area (Å²) in [4.78, 5) is 4.28. The van der Waals surface area contributed by atoms with E-state index in [0.717, 1.165) is 17.4 Å². The SMILES string of the molecule is CCC1CCC(Nc2ccc(N)cn2)CC1. The molecule has 3 heteroatoms. The van der Waals surface area contributed by atoms with E-state index in [1.54, 1.807) is 6.20 Å². The van der Waals surface area contributed by atoms with Gasteiger partial charge in [0.1, 0.15) is 5.82 Å². The molecule has 1 fully saturated rings. The van der Waals surface area contributed by atoms with Gasteiger partial charge in [-0.15, -0.1) is 0 Å². The summed E-state index contributed by atoms with van der Waals surface area (Å²) >= 11 is 0. The highest BCUT2D eigenvalue weighted by Crippen LogP contribution is 2.28. The van der Waals surface area contributed by atoms with E-state index in [1.165, 1.54) is 32.1 Å². The Labute approximate surface area is 97.5 Å². The Morgan fingerprint density at radius 2 is 2.06 bits per heavy atom. The zero-order chi connectivity index (χ0) is 11.4. The molecule has 1 saturated carbocycles. The molecule has 0 aromatic carbocycles. The van der Waals surface area contributed by atoms with E-state index in [1.807, 2.05) is 12.1 Å². The first-order valence-electron chi connectivity index (χ1n) is 6.26. The first-order chi connectivity index (χ1) is 7.78. The highest BCUT2D eigenvalue weighted by molar-refractivity contribution is 5.44. The van der Waals surface area contributed by atoms with Gasteiger partial charge in [0.05, 0.1) is 11.9 Å². The maximum Gasteiger partial charge on any atom is 0.126 e. The van der Waals surface area contributed by atoms with Crippen molar-refractivity contribution in [2.24, 2.45) is 5.92 Å². The molecule has 0 atom stereocenters. The predicted octanol–water partition coefficient (Wildman–Crippen LogP) is 3.04. The van der Waals surface area contributed by atoms with Gasteiger partial charge in [-0.05, 0) is 43.7 Å². The Bertz CT molecular complexity index is 312. The first-order valence-corrected chi connectivity index (χ1v) is 6.26. The van der Waals surface area contributed by atoms with Gasteiger partial charge in [0, 0.05) is 6.04 Å². The third-order valence-electron chi connectivity index (χ3n) is 3.56. The van der Waals surface area contributed by atoms with Gasteiger partial charge in [0.2, 0.25) is 0 Å². The molecule has 0 bridgehead atoms. The van der Waals surface area contributed by atoms with E-state index >= 15 is 0 Å².